The van der Waals surface area contributed by atoms with Gasteiger partial charge >= 0.3 is 0 Å². The first-order valence-electron chi connectivity index (χ1n) is 7.37. The van der Waals surface area contributed by atoms with Crippen molar-refractivity contribution in [2.45, 2.75) is 27.1 Å². The fourth-order valence-corrected chi connectivity index (χ4v) is 3.32. The van der Waals surface area contributed by atoms with Crippen LogP contribution in [0.1, 0.15) is 30.0 Å². The Hall–Kier alpha value is -1.97. The van der Waals surface area contributed by atoms with Crippen molar-refractivity contribution >= 4 is 27.6 Å². The van der Waals surface area contributed by atoms with Gasteiger partial charge in [0.2, 0.25) is 0 Å². The number of allylic oxidation sites excluding steroid dienone is 1. The van der Waals surface area contributed by atoms with E-state index in [4.69, 9.17) is 4.74 Å². The molecule has 0 aliphatic heterocycles. The second-order valence-electron chi connectivity index (χ2n) is 5.50. The second kappa shape index (κ2) is 6.86. The summed E-state index contributed by atoms with van der Waals surface area (Å²) in [5, 5.41) is 1.03. The number of rotatable bonds is 5. The Morgan fingerprint density at radius 1 is 1.05 bits per heavy atom. The van der Waals surface area contributed by atoms with E-state index in [0.717, 1.165) is 10.5 Å². The second-order valence-corrected chi connectivity index (χ2v) is 6.59. The van der Waals surface area contributed by atoms with E-state index in [2.05, 4.69) is 55.2 Å². The van der Waals surface area contributed by atoms with Gasteiger partial charge in [-0.3, -0.25) is 0 Å². The maximum absolute atomic E-state index is 5.79. The molecule has 0 fully saturated rings. The van der Waals surface area contributed by atoms with Gasteiger partial charge in [0, 0.05) is 0 Å². The molecule has 3 aromatic rings. The van der Waals surface area contributed by atoms with Gasteiger partial charge in [-0.15, -0.1) is 11.3 Å². The quantitative estimate of drug-likeness (QED) is 0.626. The summed E-state index contributed by atoms with van der Waals surface area (Å²) < 4.78 is 7.03. The van der Waals surface area contributed by atoms with Gasteiger partial charge < -0.3 is 4.74 Å². The molecule has 1 aromatic heterocycles. The summed E-state index contributed by atoms with van der Waals surface area (Å²) in [7, 11) is 0. The lowest BCUT2D eigenvalue weighted by Gasteiger charge is -2.01. The molecule has 2 aromatic carbocycles. The Kier molecular flexibility index (Phi) is 4.66. The smallest absolute Gasteiger partial charge is 0.120 e. The maximum atomic E-state index is 5.79. The van der Waals surface area contributed by atoms with Crippen molar-refractivity contribution in [2.24, 2.45) is 0 Å². The van der Waals surface area contributed by atoms with Crippen LogP contribution in [0.4, 0.5) is 0 Å². The fourth-order valence-electron chi connectivity index (χ4n) is 2.33. The summed E-state index contributed by atoms with van der Waals surface area (Å²) in [5.41, 5.74) is 4.78. The predicted octanol–water partition coefficient (Wildman–Crippen LogP) is 5.44. The van der Waals surface area contributed by atoms with E-state index in [0.29, 0.717) is 13.2 Å². The number of aromatic nitrogens is 1. The van der Waals surface area contributed by atoms with Crippen molar-refractivity contribution in [1.82, 2.24) is 4.98 Å². The first-order chi connectivity index (χ1) is 10.7. The van der Waals surface area contributed by atoms with E-state index in [1.807, 2.05) is 18.2 Å². The van der Waals surface area contributed by atoms with Gasteiger partial charge in [0.15, 0.2) is 0 Å². The zero-order chi connectivity index (χ0) is 15.4. The van der Waals surface area contributed by atoms with E-state index < -0.39 is 0 Å². The summed E-state index contributed by atoms with van der Waals surface area (Å²) in [4.78, 5) is 4.68. The molecule has 22 heavy (non-hydrogen) atoms. The monoisotopic (exact) mass is 309 g/mol. The summed E-state index contributed by atoms with van der Waals surface area (Å²) in [6, 6.07) is 16.5. The molecule has 0 saturated carbocycles. The number of nitrogens with zero attached hydrogens (tertiary/aromatic N) is 1. The van der Waals surface area contributed by atoms with Gasteiger partial charge in [-0.1, -0.05) is 54.1 Å². The van der Waals surface area contributed by atoms with Crippen LogP contribution in [0, 0.1) is 0 Å². The Morgan fingerprint density at radius 2 is 1.86 bits per heavy atom. The lowest BCUT2D eigenvalue weighted by Crippen LogP contribution is -1.93. The standard InChI is InChI=1S/C19H19NOS/c1-14(2)11-16-9-6-10-17-19(16)22-18(20-17)13-21-12-15-7-4-3-5-8-15/h3-11H,12-13H2,1-2H3. The van der Waals surface area contributed by atoms with Crippen LogP contribution in [-0.2, 0) is 18.0 Å². The summed E-state index contributed by atoms with van der Waals surface area (Å²) in [5.74, 6) is 0. The van der Waals surface area contributed by atoms with Crippen LogP contribution in [0.25, 0.3) is 16.3 Å². The molecule has 0 bridgehead atoms. The highest BCUT2D eigenvalue weighted by atomic mass is 32.1. The minimum Gasteiger partial charge on any atom is -0.370 e. The van der Waals surface area contributed by atoms with E-state index >= 15 is 0 Å². The van der Waals surface area contributed by atoms with Gasteiger partial charge in [0.05, 0.1) is 23.4 Å². The summed E-state index contributed by atoms with van der Waals surface area (Å²) in [6.45, 7) is 5.41. The third kappa shape index (κ3) is 3.62. The highest BCUT2D eigenvalue weighted by Crippen LogP contribution is 2.28. The van der Waals surface area contributed by atoms with Crippen LogP contribution in [-0.4, -0.2) is 4.98 Å². The van der Waals surface area contributed by atoms with Crippen molar-refractivity contribution in [2.75, 3.05) is 0 Å². The van der Waals surface area contributed by atoms with Crippen molar-refractivity contribution in [1.29, 1.82) is 0 Å². The highest BCUT2D eigenvalue weighted by molar-refractivity contribution is 7.18. The van der Waals surface area contributed by atoms with Gasteiger partial charge in [-0.05, 0) is 31.0 Å². The number of benzene rings is 2. The summed E-state index contributed by atoms with van der Waals surface area (Å²) in [6.07, 6.45) is 2.20. The van der Waals surface area contributed by atoms with Crippen molar-refractivity contribution < 1.29 is 4.74 Å². The molecule has 0 unspecified atom stereocenters. The average molecular weight is 309 g/mol. The Balaban J connectivity index is 1.74. The minimum atomic E-state index is 0.558. The Morgan fingerprint density at radius 3 is 2.64 bits per heavy atom. The SMILES string of the molecule is CC(C)=Cc1cccc2nc(COCc3ccccc3)sc12. The zero-order valence-electron chi connectivity index (χ0n) is 12.9. The van der Waals surface area contributed by atoms with Crippen LogP contribution in [0.15, 0.2) is 54.1 Å². The van der Waals surface area contributed by atoms with Gasteiger partial charge in [-0.25, -0.2) is 4.98 Å². The molecule has 2 nitrogen and oxygen atoms in total. The van der Waals surface area contributed by atoms with Crippen molar-refractivity contribution in [3.63, 3.8) is 0 Å². The molecule has 0 saturated heterocycles. The molecule has 0 N–H and O–H groups in total. The number of thiazole rings is 1. The molecule has 0 aliphatic carbocycles. The number of hydrogen-bond acceptors (Lipinski definition) is 3. The van der Waals surface area contributed by atoms with Crippen LogP contribution in [0.3, 0.4) is 0 Å². The lowest BCUT2D eigenvalue weighted by atomic mass is 10.1. The Labute approximate surface area is 135 Å². The Bertz CT molecular complexity index is 786. The normalized spacial score (nSPS) is 10.8. The van der Waals surface area contributed by atoms with E-state index in [1.165, 1.54) is 21.4 Å². The molecule has 1 heterocycles. The van der Waals surface area contributed by atoms with Crippen LogP contribution >= 0.6 is 11.3 Å². The van der Waals surface area contributed by atoms with Crippen LogP contribution in [0.2, 0.25) is 0 Å². The molecule has 0 amide bonds. The molecule has 0 spiro atoms. The predicted molar refractivity (Wildman–Crippen MR) is 93.9 cm³/mol. The van der Waals surface area contributed by atoms with E-state index in [9.17, 15) is 0 Å². The van der Waals surface area contributed by atoms with Gasteiger partial charge in [0.25, 0.3) is 0 Å². The van der Waals surface area contributed by atoms with Gasteiger partial charge in [-0.2, -0.15) is 0 Å². The first-order valence-corrected chi connectivity index (χ1v) is 8.19. The molecule has 3 rings (SSSR count). The van der Waals surface area contributed by atoms with Crippen LogP contribution < -0.4 is 0 Å². The maximum Gasteiger partial charge on any atom is 0.120 e. The molecule has 3 heteroatoms. The highest BCUT2D eigenvalue weighted by Gasteiger charge is 2.07. The third-order valence-corrected chi connectivity index (χ3v) is 4.36. The summed E-state index contributed by atoms with van der Waals surface area (Å²) >= 11 is 1.72. The van der Waals surface area contributed by atoms with Crippen molar-refractivity contribution in [3.05, 3.63) is 70.2 Å². The number of hydrogen-bond donors (Lipinski definition) is 0. The van der Waals surface area contributed by atoms with E-state index in [1.54, 1.807) is 11.3 Å². The molecule has 0 radical (unpaired) electrons. The lowest BCUT2D eigenvalue weighted by molar-refractivity contribution is 0.107. The molecule has 112 valence electrons. The van der Waals surface area contributed by atoms with Crippen LogP contribution in [0.5, 0.6) is 0 Å². The van der Waals surface area contributed by atoms with Crippen molar-refractivity contribution in [3.8, 4) is 0 Å². The topological polar surface area (TPSA) is 22.1 Å². The van der Waals surface area contributed by atoms with Gasteiger partial charge in [0.1, 0.15) is 5.01 Å². The molecule has 0 atom stereocenters. The largest absolute Gasteiger partial charge is 0.370 e. The third-order valence-electron chi connectivity index (χ3n) is 3.27. The molecular weight excluding hydrogens is 290 g/mol. The minimum absolute atomic E-state index is 0.558. The fraction of sp³-hybridized carbons (Fsp3) is 0.211. The number of ether oxygens (including phenoxy) is 1. The molecule has 0 aliphatic rings. The molecular formula is C19H19NOS. The van der Waals surface area contributed by atoms with E-state index in [-0.39, 0.29) is 0 Å². The zero-order valence-corrected chi connectivity index (χ0v) is 13.7. The first kappa shape index (κ1) is 14.9. The number of fused-ring (bicyclic) bond motifs is 1. The average Bonchev–Trinajstić information content (AvgIpc) is 2.92.